The van der Waals surface area contributed by atoms with Gasteiger partial charge in [-0.05, 0) is 42.5 Å². The van der Waals surface area contributed by atoms with Gasteiger partial charge in [0.05, 0.1) is 11.3 Å². The molecular weight excluding hydrogens is 366 g/mol. The molecule has 0 fully saturated rings. The summed E-state index contributed by atoms with van der Waals surface area (Å²) in [6.45, 7) is -0.426. The number of halogens is 1. The zero-order valence-corrected chi connectivity index (χ0v) is 15.0. The molecule has 3 aromatic rings. The molecule has 0 unspecified atom stereocenters. The summed E-state index contributed by atoms with van der Waals surface area (Å²) in [6, 6.07) is 22.5. The van der Waals surface area contributed by atoms with Gasteiger partial charge in [-0.3, -0.25) is 4.79 Å². The average molecular weight is 382 g/mol. The lowest BCUT2D eigenvalue weighted by Gasteiger charge is -2.12. The van der Waals surface area contributed by atoms with Gasteiger partial charge in [0.25, 0.3) is 5.91 Å². The fourth-order valence-corrected chi connectivity index (χ4v) is 2.48. The molecule has 0 aliphatic rings. The second kappa shape index (κ2) is 8.87. The van der Waals surface area contributed by atoms with Crippen molar-refractivity contribution in [2.24, 2.45) is 0 Å². The van der Waals surface area contributed by atoms with Crippen LogP contribution in [-0.4, -0.2) is 18.5 Å². The summed E-state index contributed by atoms with van der Waals surface area (Å²) >= 11 is 5.84. The van der Waals surface area contributed by atoms with Crippen LogP contribution in [0.2, 0.25) is 5.02 Å². The van der Waals surface area contributed by atoms with Gasteiger partial charge in [0, 0.05) is 5.02 Å². The first-order valence-electron chi connectivity index (χ1n) is 8.16. The number of anilines is 1. The van der Waals surface area contributed by atoms with Crippen molar-refractivity contribution in [1.29, 1.82) is 0 Å². The number of carbonyl (C=O) groups is 2. The maximum Gasteiger partial charge on any atom is 0.338 e. The lowest BCUT2D eigenvalue weighted by molar-refractivity contribution is -0.119. The number of esters is 1. The van der Waals surface area contributed by atoms with E-state index in [1.807, 2.05) is 30.3 Å². The lowest BCUT2D eigenvalue weighted by Crippen LogP contribution is -2.21. The van der Waals surface area contributed by atoms with Gasteiger partial charge in [-0.25, -0.2) is 4.79 Å². The van der Waals surface area contributed by atoms with E-state index in [-0.39, 0.29) is 5.56 Å². The number of amides is 1. The van der Waals surface area contributed by atoms with Crippen molar-refractivity contribution in [3.8, 4) is 11.5 Å². The van der Waals surface area contributed by atoms with E-state index in [4.69, 9.17) is 21.1 Å². The van der Waals surface area contributed by atoms with Crippen molar-refractivity contribution in [2.75, 3.05) is 11.9 Å². The molecule has 0 saturated heterocycles. The zero-order chi connectivity index (χ0) is 19.1. The summed E-state index contributed by atoms with van der Waals surface area (Å²) in [5.74, 6) is 0.0285. The molecule has 0 bridgehead atoms. The van der Waals surface area contributed by atoms with E-state index in [1.165, 1.54) is 6.07 Å². The Bertz CT molecular complexity index is 944. The molecule has 5 nitrogen and oxygen atoms in total. The van der Waals surface area contributed by atoms with Crippen molar-refractivity contribution in [3.63, 3.8) is 0 Å². The smallest absolute Gasteiger partial charge is 0.338 e. The molecule has 3 rings (SSSR count). The van der Waals surface area contributed by atoms with E-state index >= 15 is 0 Å². The van der Waals surface area contributed by atoms with E-state index in [9.17, 15) is 9.59 Å². The number of benzene rings is 3. The predicted molar refractivity (Wildman–Crippen MR) is 103 cm³/mol. The van der Waals surface area contributed by atoms with Crippen LogP contribution in [0.15, 0.2) is 78.9 Å². The Balaban J connectivity index is 1.60. The molecule has 0 aromatic heterocycles. The van der Waals surface area contributed by atoms with Crippen molar-refractivity contribution < 1.29 is 19.1 Å². The summed E-state index contributed by atoms with van der Waals surface area (Å²) in [6.07, 6.45) is 0. The standard InChI is InChI=1S/C21H16ClNO4/c22-16-8-6-7-15(13-16)21(25)26-14-20(24)23-18-11-4-5-12-19(18)27-17-9-2-1-3-10-17/h1-13H,14H2,(H,23,24). The molecule has 0 radical (unpaired) electrons. The van der Waals surface area contributed by atoms with E-state index in [0.29, 0.717) is 22.2 Å². The van der Waals surface area contributed by atoms with Gasteiger partial charge in [-0.1, -0.05) is 48.0 Å². The van der Waals surface area contributed by atoms with Gasteiger partial charge in [-0.2, -0.15) is 0 Å². The first-order chi connectivity index (χ1) is 13.1. The third-order valence-corrected chi connectivity index (χ3v) is 3.76. The van der Waals surface area contributed by atoms with Gasteiger partial charge in [-0.15, -0.1) is 0 Å². The number of hydrogen-bond donors (Lipinski definition) is 1. The van der Waals surface area contributed by atoms with Gasteiger partial charge < -0.3 is 14.8 Å². The van der Waals surface area contributed by atoms with Gasteiger partial charge in [0.15, 0.2) is 12.4 Å². The fraction of sp³-hybridized carbons (Fsp3) is 0.0476. The Labute approximate surface area is 161 Å². The summed E-state index contributed by atoms with van der Waals surface area (Å²) < 4.78 is 10.8. The lowest BCUT2D eigenvalue weighted by atomic mass is 10.2. The summed E-state index contributed by atoms with van der Waals surface area (Å²) in [5.41, 5.74) is 0.758. The van der Waals surface area contributed by atoms with Crippen molar-refractivity contribution in [2.45, 2.75) is 0 Å². The molecule has 136 valence electrons. The minimum atomic E-state index is -0.624. The maximum atomic E-state index is 12.1. The second-order valence-corrected chi connectivity index (χ2v) is 5.98. The molecule has 6 heteroatoms. The van der Waals surface area contributed by atoms with Gasteiger partial charge >= 0.3 is 5.97 Å². The number of rotatable bonds is 6. The first-order valence-corrected chi connectivity index (χ1v) is 8.54. The average Bonchev–Trinajstić information content (AvgIpc) is 2.68. The van der Waals surface area contributed by atoms with Crippen LogP contribution in [0.3, 0.4) is 0 Å². The largest absolute Gasteiger partial charge is 0.455 e. The summed E-state index contributed by atoms with van der Waals surface area (Å²) in [5, 5.41) is 3.10. The summed E-state index contributed by atoms with van der Waals surface area (Å²) in [7, 11) is 0. The number of para-hydroxylation sites is 3. The Hall–Kier alpha value is -3.31. The van der Waals surface area contributed by atoms with Crippen molar-refractivity contribution in [3.05, 3.63) is 89.4 Å². The molecule has 1 N–H and O–H groups in total. The molecule has 0 aliphatic heterocycles. The molecule has 1 amide bonds. The summed E-state index contributed by atoms with van der Waals surface area (Å²) in [4.78, 5) is 24.1. The van der Waals surface area contributed by atoms with Crippen molar-refractivity contribution >= 4 is 29.2 Å². The van der Waals surface area contributed by atoms with E-state index < -0.39 is 18.5 Å². The van der Waals surface area contributed by atoms with Crippen LogP contribution in [-0.2, 0) is 9.53 Å². The molecular formula is C21H16ClNO4. The van der Waals surface area contributed by atoms with Crippen LogP contribution in [0.4, 0.5) is 5.69 Å². The molecule has 0 saturated carbocycles. The quantitative estimate of drug-likeness (QED) is 0.615. The number of hydrogen-bond acceptors (Lipinski definition) is 4. The topological polar surface area (TPSA) is 64.6 Å². The van der Waals surface area contributed by atoms with E-state index in [0.717, 1.165) is 0 Å². The van der Waals surface area contributed by atoms with Crippen LogP contribution in [0.1, 0.15) is 10.4 Å². The Morgan fingerprint density at radius 1 is 0.889 bits per heavy atom. The molecule has 0 heterocycles. The normalized spacial score (nSPS) is 10.1. The highest BCUT2D eigenvalue weighted by Gasteiger charge is 2.12. The van der Waals surface area contributed by atoms with Gasteiger partial charge in [0.2, 0.25) is 0 Å². The molecule has 0 aliphatic carbocycles. The number of carbonyl (C=O) groups excluding carboxylic acids is 2. The first kappa shape index (κ1) is 18.5. The molecule has 27 heavy (non-hydrogen) atoms. The van der Waals surface area contributed by atoms with Crippen LogP contribution >= 0.6 is 11.6 Å². The molecule has 0 atom stereocenters. The van der Waals surface area contributed by atoms with E-state index in [1.54, 1.807) is 42.5 Å². The third-order valence-electron chi connectivity index (χ3n) is 3.53. The monoisotopic (exact) mass is 381 g/mol. The maximum absolute atomic E-state index is 12.1. The zero-order valence-electron chi connectivity index (χ0n) is 14.2. The number of nitrogens with one attached hydrogen (secondary N) is 1. The molecule has 3 aromatic carbocycles. The highest BCUT2D eigenvalue weighted by molar-refractivity contribution is 6.30. The number of ether oxygens (including phenoxy) is 2. The van der Waals surface area contributed by atoms with Crippen LogP contribution in [0, 0.1) is 0 Å². The Morgan fingerprint density at radius 2 is 1.63 bits per heavy atom. The minimum absolute atomic E-state index is 0.281. The minimum Gasteiger partial charge on any atom is -0.455 e. The Kier molecular flexibility index (Phi) is 6.07. The highest BCUT2D eigenvalue weighted by Crippen LogP contribution is 2.29. The predicted octanol–water partition coefficient (Wildman–Crippen LogP) is 4.93. The van der Waals surface area contributed by atoms with Crippen LogP contribution in [0.25, 0.3) is 0 Å². The van der Waals surface area contributed by atoms with Crippen LogP contribution in [0.5, 0.6) is 11.5 Å². The fourth-order valence-electron chi connectivity index (χ4n) is 2.29. The molecule has 0 spiro atoms. The highest BCUT2D eigenvalue weighted by atomic mass is 35.5. The van der Waals surface area contributed by atoms with Gasteiger partial charge in [0.1, 0.15) is 5.75 Å². The van der Waals surface area contributed by atoms with Crippen molar-refractivity contribution in [1.82, 2.24) is 0 Å². The SMILES string of the molecule is O=C(COC(=O)c1cccc(Cl)c1)Nc1ccccc1Oc1ccccc1. The van der Waals surface area contributed by atoms with Crippen LogP contribution < -0.4 is 10.1 Å². The Morgan fingerprint density at radius 3 is 2.41 bits per heavy atom. The van der Waals surface area contributed by atoms with E-state index in [2.05, 4.69) is 5.32 Å². The third kappa shape index (κ3) is 5.33. The second-order valence-electron chi connectivity index (χ2n) is 5.55.